The second kappa shape index (κ2) is 14.9. The number of nitrogens with one attached hydrogen (secondary N) is 3. The van der Waals surface area contributed by atoms with Gasteiger partial charge in [0.15, 0.2) is 0 Å². The van der Waals surface area contributed by atoms with Crippen LogP contribution in [0, 0.1) is 19.8 Å². The Morgan fingerprint density at radius 1 is 1.00 bits per heavy atom. The molecule has 12 heteroatoms. The summed E-state index contributed by atoms with van der Waals surface area (Å²) >= 11 is 0. The van der Waals surface area contributed by atoms with Gasteiger partial charge in [-0.1, -0.05) is 38.1 Å². The van der Waals surface area contributed by atoms with E-state index in [2.05, 4.69) is 33.9 Å². The molecule has 248 valence electrons. The average Bonchev–Trinajstić information content (AvgIpc) is 2.97. The van der Waals surface area contributed by atoms with Gasteiger partial charge in [0, 0.05) is 35.8 Å². The van der Waals surface area contributed by atoms with Crippen molar-refractivity contribution in [2.45, 2.75) is 96.7 Å². The van der Waals surface area contributed by atoms with Crippen molar-refractivity contribution in [1.29, 1.82) is 0 Å². The van der Waals surface area contributed by atoms with E-state index in [1.165, 1.54) is 24.3 Å². The van der Waals surface area contributed by atoms with Crippen molar-refractivity contribution in [2.75, 3.05) is 11.3 Å². The molecule has 0 aliphatic heterocycles. The molecule has 1 saturated carbocycles. The zero-order chi connectivity index (χ0) is 33.6. The highest BCUT2D eigenvalue weighted by molar-refractivity contribution is 7.92. The lowest BCUT2D eigenvalue weighted by Gasteiger charge is -2.37. The molecule has 2 amide bonds. The number of aromatic nitrogens is 2. The molecule has 1 aromatic heterocycles. The van der Waals surface area contributed by atoms with Crippen LogP contribution in [-0.4, -0.2) is 60.0 Å². The van der Waals surface area contributed by atoms with E-state index >= 15 is 0 Å². The zero-order valence-corrected chi connectivity index (χ0v) is 28.2. The number of rotatable bonds is 11. The molecule has 0 atom stereocenters. The Labute approximate surface area is 271 Å². The predicted octanol–water partition coefficient (Wildman–Crippen LogP) is 5.79. The molecule has 0 spiro atoms. The largest absolute Gasteiger partial charge is 0.447 e. The third-order valence-corrected chi connectivity index (χ3v) is 9.45. The lowest BCUT2D eigenvalue weighted by molar-refractivity contribution is 0.0599. The number of carbonyl (C=O) groups is 2. The zero-order valence-electron chi connectivity index (χ0n) is 27.4. The molecule has 1 heterocycles. The van der Waals surface area contributed by atoms with Crippen molar-refractivity contribution in [3.05, 3.63) is 75.6 Å². The quantitative estimate of drug-likeness (QED) is 0.238. The van der Waals surface area contributed by atoms with E-state index in [-0.39, 0.29) is 40.5 Å². The molecule has 2 aromatic carbocycles. The fourth-order valence-corrected chi connectivity index (χ4v) is 6.80. The Morgan fingerprint density at radius 3 is 2.28 bits per heavy atom. The van der Waals surface area contributed by atoms with E-state index in [0.29, 0.717) is 43.8 Å². The Hall–Kier alpha value is -4.19. The van der Waals surface area contributed by atoms with E-state index in [0.717, 1.165) is 23.1 Å². The molecule has 0 saturated heterocycles. The van der Waals surface area contributed by atoms with Gasteiger partial charge in [-0.05, 0) is 95.0 Å². The smallest absolute Gasteiger partial charge is 0.407 e. The Balaban J connectivity index is 1.53. The van der Waals surface area contributed by atoms with Crippen LogP contribution in [0.5, 0.6) is 0 Å². The molecule has 1 fully saturated rings. The van der Waals surface area contributed by atoms with E-state index in [4.69, 9.17) is 4.74 Å². The molecule has 0 radical (unpaired) electrons. The highest BCUT2D eigenvalue weighted by Gasteiger charge is 2.31. The number of aromatic amines is 1. The van der Waals surface area contributed by atoms with E-state index in [1.807, 2.05) is 36.9 Å². The van der Waals surface area contributed by atoms with Crippen LogP contribution in [0.2, 0.25) is 0 Å². The van der Waals surface area contributed by atoms with Crippen molar-refractivity contribution in [2.24, 2.45) is 5.92 Å². The van der Waals surface area contributed by atoms with Crippen molar-refractivity contribution in [3.63, 3.8) is 0 Å². The van der Waals surface area contributed by atoms with E-state index in [1.54, 1.807) is 19.9 Å². The third-order valence-electron chi connectivity index (χ3n) is 8.11. The lowest BCUT2D eigenvalue weighted by Crippen LogP contribution is -2.47. The van der Waals surface area contributed by atoms with Gasteiger partial charge >= 0.3 is 6.09 Å². The summed E-state index contributed by atoms with van der Waals surface area (Å²) in [6, 6.07) is 12.9. The van der Waals surface area contributed by atoms with Gasteiger partial charge < -0.3 is 15.0 Å². The molecular formula is C34H45N5O6S. The first-order valence-electron chi connectivity index (χ1n) is 15.8. The topological polar surface area (TPSA) is 151 Å². The van der Waals surface area contributed by atoms with Crippen LogP contribution in [0.3, 0.4) is 0 Å². The van der Waals surface area contributed by atoms with E-state index in [9.17, 15) is 22.8 Å². The van der Waals surface area contributed by atoms with Crippen LogP contribution in [0.15, 0.2) is 58.2 Å². The van der Waals surface area contributed by atoms with Crippen LogP contribution < -0.4 is 15.6 Å². The number of alkyl carbamates (subject to hydrolysis) is 1. The maximum Gasteiger partial charge on any atom is 0.407 e. The molecule has 3 N–H and O–H groups in total. The van der Waals surface area contributed by atoms with Gasteiger partial charge in [-0.3, -0.25) is 14.6 Å². The number of anilines is 1. The van der Waals surface area contributed by atoms with Crippen LogP contribution in [0.1, 0.15) is 81.3 Å². The summed E-state index contributed by atoms with van der Waals surface area (Å²) in [7, 11) is -4.21. The first kappa shape index (κ1) is 34.7. The van der Waals surface area contributed by atoms with Gasteiger partial charge in [0.25, 0.3) is 21.5 Å². The maximum atomic E-state index is 13.9. The highest BCUT2D eigenvalue weighted by Crippen LogP contribution is 2.28. The summed E-state index contributed by atoms with van der Waals surface area (Å²) in [6.07, 6.45) is 2.95. The van der Waals surface area contributed by atoms with E-state index < -0.39 is 21.7 Å². The average molecular weight is 652 g/mol. The minimum absolute atomic E-state index is 0.0302. The molecule has 4 rings (SSSR count). The Bertz CT molecular complexity index is 1690. The van der Waals surface area contributed by atoms with Gasteiger partial charge in [0.2, 0.25) is 5.95 Å². The molecule has 0 bridgehead atoms. The molecular weight excluding hydrogens is 606 g/mol. The number of aryl methyl sites for hydroxylation is 2. The standard InChI is InChI=1S/C34H45N5O6S/c1-21(2)17-18-39(27-15-13-26(14-16-27)35-34(42)45-22(3)4)32(41)25-11-8-12-28(19-25)46(43,44)38-33-36-29(20-30(40)37-33)31-23(5)9-7-10-24(31)6/h7-12,19-22,26-27H,13-18H2,1-6H3,(H,35,42)(H2,36,37,38,40). The summed E-state index contributed by atoms with van der Waals surface area (Å²) in [4.78, 5) is 47.1. The second-order valence-electron chi connectivity index (χ2n) is 12.7. The van der Waals surface area contributed by atoms with Crippen molar-refractivity contribution in [3.8, 4) is 11.3 Å². The van der Waals surface area contributed by atoms with Crippen molar-refractivity contribution >= 4 is 28.0 Å². The van der Waals surface area contributed by atoms with Crippen LogP contribution >= 0.6 is 0 Å². The SMILES string of the molecule is Cc1cccc(C)c1-c1cc(=O)[nH]c(NS(=O)(=O)c2cccc(C(=O)N(CCC(C)C)C3CCC(NC(=O)OC(C)C)CC3)c2)n1. The number of H-pyrrole nitrogens is 1. The van der Waals surface area contributed by atoms with Gasteiger partial charge in [0.1, 0.15) is 0 Å². The number of amides is 2. The summed E-state index contributed by atoms with van der Waals surface area (Å²) in [5.41, 5.74) is 2.65. The minimum Gasteiger partial charge on any atom is -0.447 e. The molecule has 46 heavy (non-hydrogen) atoms. The van der Waals surface area contributed by atoms with Crippen LogP contribution in [-0.2, 0) is 14.8 Å². The molecule has 0 unspecified atom stereocenters. The fraction of sp³-hybridized carbons (Fsp3) is 0.471. The Morgan fingerprint density at radius 2 is 1.65 bits per heavy atom. The van der Waals surface area contributed by atoms with Gasteiger partial charge in [-0.15, -0.1) is 0 Å². The number of ether oxygens (including phenoxy) is 1. The molecule has 11 nitrogen and oxygen atoms in total. The van der Waals surface area contributed by atoms with Gasteiger partial charge in [-0.2, -0.15) is 0 Å². The number of sulfonamides is 1. The molecule has 1 aliphatic rings. The fourth-order valence-electron chi connectivity index (χ4n) is 5.79. The number of benzene rings is 2. The maximum absolute atomic E-state index is 13.9. The van der Waals surface area contributed by atoms with Crippen molar-refractivity contribution < 1.29 is 22.7 Å². The second-order valence-corrected chi connectivity index (χ2v) is 14.3. The first-order chi connectivity index (χ1) is 21.7. The monoisotopic (exact) mass is 651 g/mol. The van der Waals surface area contributed by atoms with Gasteiger partial charge in [-0.25, -0.2) is 22.9 Å². The number of nitrogens with zero attached hydrogens (tertiary/aromatic N) is 2. The summed E-state index contributed by atoms with van der Waals surface area (Å²) < 4.78 is 34.6. The third kappa shape index (κ3) is 8.96. The molecule has 3 aromatic rings. The van der Waals surface area contributed by atoms with Crippen LogP contribution in [0.25, 0.3) is 11.3 Å². The van der Waals surface area contributed by atoms with Crippen LogP contribution in [0.4, 0.5) is 10.7 Å². The summed E-state index contributed by atoms with van der Waals surface area (Å²) in [5, 5.41) is 2.92. The summed E-state index contributed by atoms with van der Waals surface area (Å²) in [5.74, 6) is -0.108. The number of carbonyl (C=O) groups excluding carboxylic acids is 2. The first-order valence-corrected chi connectivity index (χ1v) is 17.3. The highest BCUT2D eigenvalue weighted by atomic mass is 32.2. The predicted molar refractivity (Wildman–Crippen MR) is 178 cm³/mol. The number of hydrogen-bond acceptors (Lipinski definition) is 7. The van der Waals surface area contributed by atoms with Crippen molar-refractivity contribution in [1.82, 2.24) is 20.2 Å². The van der Waals surface area contributed by atoms with Gasteiger partial charge in [0.05, 0.1) is 16.7 Å². The molecule has 1 aliphatic carbocycles. The Kier molecular flexibility index (Phi) is 11.3. The number of hydrogen-bond donors (Lipinski definition) is 3. The minimum atomic E-state index is -4.21. The lowest BCUT2D eigenvalue weighted by atomic mass is 9.89. The normalized spacial score (nSPS) is 16.7. The summed E-state index contributed by atoms with van der Waals surface area (Å²) in [6.45, 7) is 12.1.